The van der Waals surface area contributed by atoms with Gasteiger partial charge in [0.15, 0.2) is 5.84 Å². The van der Waals surface area contributed by atoms with E-state index in [1.165, 1.54) is 6.08 Å². The van der Waals surface area contributed by atoms with E-state index in [2.05, 4.69) is 10.5 Å². The van der Waals surface area contributed by atoms with E-state index in [1.54, 1.807) is 13.2 Å². The van der Waals surface area contributed by atoms with Gasteiger partial charge in [0.2, 0.25) is 0 Å². The zero-order valence-electron chi connectivity index (χ0n) is 4.63. The number of nitrogens with two attached hydrogens (primary N) is 1. The van der Waals surface area contributed by atoms with Gasteiger partial charge >= 0.3 is 0 Å². The lowest BCUT2D eigenvalue weighted by Gasteiger charge is -1.84. The Morgan fingerprint density at radius 1 is 1.88 bits per heavy atom. The Kier molecular flexibility index (Phi) is 3.39. The summed E-state index contributed by atoms with van der Waals surface area (Å²) in [6.07, 6.45) is 3.01. The molecule has 0 bridgehead atoms. The lowest BCUT2D eigenvalue weighted by Crippen LogP contribution is -2.08. The molecule has 8 heavy (non-hydrogen) atoms. The summed E-state index contributed by atoms with van der Waals surface area (Å²) in [5, 5.41) is 13.3. The molecule has 0 atom stereocenters. The van der Waals surface area contributed by atoms with E-state index in [4.69, 9.17) is 10.9 Å². The molecule has 0 aromatic heterocycles. The fourth-order valence-corrected chi connectivity index (χ4v) is 0.202. The molecule has 0 rings (SSSR count). The molecule has 0 aliphatic rings. The predicted octanol–water partition coefficient (Wildman–Crippen LogP) is -0.534. The van der Waals surface area contributed by atoms with Crippen LogP contribution in [0, 0.1) is 0 Å². The zero-order valence-corrected chi connectivity index (χ0v) is 4.63. The molecular formula is C4H9N3O. The first-order valence-corrected chi connectivity index (χ1v) is 2.12. The maximum absolute atomic E-state index is 7.95. The van der Waals surface area contributed by atoms with Crippen LogP contribution in [0.2, 0.25) is 0 Å². The van der Waals surface area contributed by atoms with Crippen LogP contribution in [-0.2, 0) is 0 Å². The number of hydrogen-bond donors (Lipinski definition) is 3. The second-order valence-electron chi connectivity index (χ2n) is 1.15. The summed E-state index contributed by atoms with van der Waals surface area (Å²) in [6.45, 7) is 0. The molecule has 0 heterocycles. The van der Waals surface area contributed by atoms with Gasteiger partial charge in [0, 0.05) is 7.05 Å². The monoisotopic (exact) mass is 115 g/mol. The molecule has 0 saturated heterocycles. The minimum Gasteiger partial charge on any atom is -0.409 e. The van der Waals surface area contributed by atoms with Crippen LogP contribution in [0.5, 0.6) is 0 Å². The molecule has 46 valence electrons. The first kappa shape index (κ1) is 6.81. The second kappa shape index (κ2) is 3.98. The number of hydrogen-bond acceptors (Lipinski definition) is 3. The molecule has 0 saturated carbocycles. The minimum atomic E-state index is 0.0827. The van der Waals surface area contributed by atoms with Gasteiger partial charge in [-0.2, -0.15) is 0 Å². The van der Waals surface area contributed by atoms with Gasteiger partial charge in [0.1, 0.15) is 0 Å². The van der Waals surface area contributed by atoms with Crippen molar-refractivity contribution in [2.45, 2.75) is 0 Å². The Labute approximate surface area is 47.7 Å². The van der Waals surface area contributed by atoms with Gasteiger partial charge in [-0.3, -0.25) is 0 Å². The average Bonchev–Trinajstić information content (AvgIpc) is 1.83. The Hall–Kier alpha value is -1.19. The van der Waals surface area contributed by atoms with Crippen LogP contribution in [0.3, 0.4) is 0 Å². The topological polar surface area (TPSA) is 70.6 Å². The van der Waals surface area contributed by atoms with Crippen LogP contribution in [0.4, 0.5) is 0 Å². The normalized spacial score (nSPS) is 12.4. The van der Waals surface area contributed by atoms with Gasteiger partial charge < -0.3 is 16.3 Å². The van der Waals surface area contributed by atoms with Crippen LogP contribution in [0.1, 0.15) is 0 Å². The SMILES string of the molecule is CN/C=C\C(N)=N\O. The highest BCUT2D eigenvalue weighted by Crippen LogP contribution is 1.66. The molecule has 0 spiro atoms. The van der Waals surface area contributed by atoms with Crippen molar-refractivity contribution in [3.05, 3.63) is 12.3 Å². The van der Waals surface area contributed by atoms with Crippen molar-refractivity contribution in [3.63, 3.8) is 0 Å². The van der Waals surface area contributed by atoms with Gasteiger partial charge in [-0.25, -0.2) is 0 Å². The predicted molar refractivity (Wildman–Crippen MR) is 31.6 cm³/mol. The average molecular weight is 115 g/mol. The molecule has 0 aliphatic heterocycles. The first-order valence-electron chi connectivity index (χ1n) is 2.12. The molecule has 0 unspecified atom stereocenters. The van der Waals surface area contributed by atoms with Crippen LogP contribution >= 0.6 is 0 Å². The van der Waals surface area contributed by atoms with E-state index in [0.29, 0.717) is 0 Å². The third-order valence-electron chi connectivity index (χ3n) is 0.536. The van der Waals surface area contributed by atoms with E-state index < -0.39 is 0 Å². The Morgan fingerprint density at radius 3 is 2.88 bits per heavy atom. The number of nitrogens with one attached hydrogen (secondary N) is 1. The minimum absolute atomic E-state index is 0.0827. The molecule has 0 fully saturated rings. The van der Waals surface area contributed by atoms with Crippen molar-refractivity contribution in [1.82, 2.24) is 5.32 Å². The number of nitrogens with zero attached hydrogens (tertiary/aromatic N) is 1. The summed E-state index contributed by atoms with van der Waals surface area (Å²) < 4.78 is 0. The molecule has 4 heteroatoms. The van der Waals surface area contributed by atoms with E-state index in [-0.39, 0.29) is 5.84 Å². The number of rotatable bonds is 2. The zero-order chi connectivity index (χ0) is 6.41. The summed E-state index contributed by atoms with van der Waals surface area (Å²) >= 11 is 0. The standard InChI is InChI=1S/C4H9N3O/c1-6-3-2-4(5)7-8/h2-3,6,8H,1H3,(H2,5,7)/b3-2-. The summed E-state index contributed by atoms with van der Waals surface area (Å²) in [7, 11) is 1.72. The number of amidine groups is 1. The van der Waals surface area contributed by atoms with Crippen molar-refractivity contribution in [1.29, 1.82) is 0 Å². The lowest BCUT2D eigenvalue weighted by molar-refractivity contribution is 0.319. The summed E-state index contributed by atoms with van der Waals surface area (Å²) in [4.78, 5) is 0. The molecule has 4 nitrogen and oxygen atoms in total. The highest BCUT2D eigenvalue weighted by molar-refractivity contribution is 5.90. The molecular weight excluding hydrogens is 106 g/mol. The largest absolute Gasteiger partial charge is 0.409 e. The maximum Gasteiger partial charge on any atom is 0.164 e. The molecule has 0 aromatic rings. The number of oxime groups is 1. The Balaban J connectivity index is 3.53. The van der Waals surface area contributed by atoms with Crippen LogP contribution in [0.25, 0.3) is 0 Å². The third-order valence-corrected chi connectivity index (χ3v) is 0.536. The van der Waals surface area contributed by atoms with Gasteiger partial charge in [-0.05, 0) is 12.3 Å². The fourth-order valence-electron chi connectivity index (χ4n) is 0.202. The molecule has 0 amide bonds. The molecule has 0 aliphatic carbocycles. The van der Waals surface area contributed by atoms with Gasteiger partial charge in [0.25, 0.3) is 0 Å². The summed E-state index contributed by atoms with van der Waals surface area (Å²) in [5.74, 6) is 0.0827. The summed E-state index contributed by atoms with van der Waals surface area (Å²) in [5.41, 5.74) is 5.03. The van der Waals surface area contributed by atoms with Gasteiger partial charge in [0.05, 0.1) is 0 Å². The highest BCUT2D eigenvalue weighted by atomic mass is 16.4. The van der Waals surface area contributed by atoms with E-state index >= 15 is 0 Å². The molecule has 0 aromatic carbocycles. The van der Waals surface area contributed by atoms with Crippen molar-refractivity contribution in [3.8, 4) is 0 Å². The van der Waals surface area contributed by atoms with Gasteiger partial charge in [-0.1, -0.05) is 5.16 Å². The lowest BCUT2D eigenvalue weighted by atomic mass is 10.6. The molecule has 0 radical (unpaired) electrons. The third kappa shape index (κ3) is 3.02. The summed E-state index contributed by atoms with van der Waals surface area (Å²) in [6, 6.07) is 0. The van der Waals surface area contributed by atoms with Crippen molar-refractivity contribution >= 4 is 5.84 Å². The first-order chi connectivity index (χ1) is 3.81. The van der Waals surface area contributed by atoms with Crippen molar-refractivity contribution in [2.75, 3.05) is 7.05 Å². The fraction of sp³-hybridized carbons (Fsp3) is 0.250. The Morgan fingerprint density at radius 2 is 2.50 bits per heavy atom. The maximum atomic E-state index is 7.95. The highest BCUT2D eigenvalue weighted by Gasteiger charge is 1.76. The van der Waals surface area contributed by atoms with E-state index in [1.807, 2.05) is 0 Å². The van der Waals surface area contributed by atoms with E-state index in [9.17, 15) is 0 Å². The van der Waals surface area contributed by atoms with Crippen LogP contribution in [-0.4, -0.2) is 18.1 Å². The van der Waals surface area contributed by atoms with E-state index in [0.717, 1.165) is 0 Å². The van der Waals surface area contributed by atoms with Gasteiger partial charge in [-0.15, -0.1) is 0 Å². The van der Waals surface area contributed by atoms with Crippen molar-refractivity contribution in [2.24, 2.45) is 10.9 Å². The Bertz CT molecular complexity index is 108. The smallest absolute Gasteiger partial charge is 0.164 e. The second-order valence-corrected chi connectivity index (χ2v) is 1.15. The van der Waals surface area contributed by atoms with Crippen LogP contribution in [0.15, 0.2) is 17.4 Å². The molecule has 4 N–H and O–H groups in total. The van der Waals surface area contributed by atoms with Crippen molar-refractivity contribution < 1.29 is 5.21 Å². The quantitative estimate of drug-likeness (QED) is 0.196. The van der Waals surface area contributed by atoms with Crippen LogP contribution < -0.4 is 11.1 Å².